The highest BCUT2D eigenvalue weighted by Crippen LogP contribution is 2.35. The summed E-state index contributed by atoms with van der Waals surface area (Å²) in [5.74, 6) is -1.03. The lowest BCUT2D eigenvalue weighted by Gasteiger charge is -2.38. The van der Waals surface area contributed by atoms with Crippen LogP contribution >= 0.6 is 11.6 Å². The van der Waals surface area contributed by atoms with Crippen LogP contribution in [0.4, 0.5) is 32.0 Å². The smallest absolute Gasteiger partial charge is 0.380 e. The number of pyridine rings is 1. The molecular formula is C23H21ClF6N6O2. The number of likely N-dealkylation sites (tertiary alicyclic amines) is 1. The number of nitrogens with one attached hydrogen (secondary N) is 2. The summed E-state index contributed by atoms with van der Waals surface area (Å²) in [5, 5.41) is 9.87. The van der Waals surface area contributed by atoms with Gasteiger partial charge in [-0.2, -0.15) is 31.4 Å². The number of amides is 2. The molecule has 204 valence electrons. The van der Waals surface area contributed by atoms with E-state index < -0.39 is 42.6 Å². The molecule has 1 aliphatic heterocycles. The second kappa shape index (κ2) is 10.3. The molecule has 0 radical (unpaired) electrons. The van der Waals surface area contributed by atoms with E-state index in [1.54, 1.807) is 0 Å². The summed E-state index contributed by atoms with van der Waals surface area (Å²) in [6.07, 6.45) is -7.08. The molecule has 2 amide bonds. The molecule has 0 unspecified atom stereocenters. The van der Waals surface area contributed by atoms with Crippen molar-refractivity contribution in [2.24, 2.45) is 0 Å². The lowest BCUT2D eigenvalue weighted by atomic mass is 9.99. The number of aromatic nitrogens is 3. The fourth-order valence-corrected chi connectivity index (χ4v) is 4.44. The second-order valence-corrected chi connectivity index (χ2v) is 9.36. The van der Waals surface area contributed by atoms with Crippen molar-refractivity contribution in [3.05, 3.63) is 52.9 Å². The van der Waals surface area contributed by atoms with Crippen LogP contribution < -0.4 is 10.6 Å². The molecule has 38 heavy (non-hydrogen) atoms. The van der Waals surface area contributed by atoms with Crippen molar-refractivity contribution in [1.82, 2.24) is 25.0 Å². The van der Waals surface area contributed by atoms with Gasteiger partial charge in [-0.25, -0.2) is 4.98 Å². The van der Waals surface area contributed by atoms with Crippen LogP contribution in [0.5, 0.6) is 0 Å². The van der Waals surface area contributed by atoms with Gasteiger partial charge in [0.25, 0.3) is 5.91 Å². The molecule has 15 heteroatoms. The number of fused-ring (bicyclic) bond motifs is 1. The molecule has 2 atom stereocenters. The molecule has 4 rings (SSSR count). The van der Waals surface area contributed by atoms with E-state index in [0.717, 1.165) is 18.5 Å². The molecule has 3 aromatic rings. The standard InChI is InChI=1S/C23H21ClF6N6O2/c1-12(37)35-9-15(5-16(10-35)33-21(38)13-7-31-36(8-13)11-22(25,26)27)32-19-6-20(23(28,29)30)34-18-3-2-14(24)4-17(18)19/h2-4,6-8,15-16H,5,9-11H2,1H3,(H,32,34)(H,33,38)/t15-,16+/m1/s1. The van der Waals surface area contributed by atoms with Crippen molar-refractivity contribution in [3.63, 3.8) is 0 Å². The lowest BCUT2D eigenvalue weighted by molar-refractivity contribution is -0.143. The molecule has 1 aromatic carbocycles. The molecule has 1 saturated heterocycles. The van der Waals surface area contributed by atoms with E-state index in [0.29, 0.717) is 10.1 Å². The predicted octanol–water partition coefficient (Wildman–Crippen LogP) is 4.50. The van der Waals surface area contributed by atoms with Crippen LogP contribution in [0.1, 0.15) is 29.4 Å². The highest BCUT2D eigenvalue weighted by atomic mass is 35.5. The van der Waals surface area contributed by atoms with Gasteiger partial charge in [0.15, 0.2) is 0 Å². The lowest BCUT2D eigenvalue weighted by Crippen LogP contribution is -2.55. The summed E-state index contributed by atoms with van der Waals surface area (Å²) < 4.78 is 78.9. The van der Waals surface area contributed by atoms with Crippen LogP contribution in [0.25, 0.3) is 10.9 Å². The summed E-state index contributed by atoms with van der Waals surface area (Å²) in [5.41, 5.74) is -1.07. The minimum absolute atomic E-state index is 0.0617. The number of nitrogens with zero attached hydrogens (tertiary/aromatic N) is 4. The topological polar surface area (TPSA) is 92.2 Å². The number of anilines is 1. The quantitative estimate of drug-likeness (QED) is 0.447. The third kappa shape index (κ3) is 6.65. The van der Waals surface area contributed by atoms with Crippen LogP contribution in [0.2, 0.25) is 5.02 Å². The van der Waals surface area contributed by atoms with Gasteiger partial charge in [-0.3, -0.25) is 14.3 Å². The number of hydrogen-bond donors (Lipinski definition) is 2. The predicted molar refractivity (Wildman–Crippen MR) is 126 cm³/mol. The van der Waals surface area contributed by atoms with Crippen LogP contribution in [0.15, 0.2) is 36.7 Å². The Balaban J connectivity index is 1.56. The molecule has 0 spiro atoms. The molecular weight excluding hydrogens is 542 g/mol. The number of benzene rings is 1. The maximum atomic E-state index is 13.5. The summed E-state index contributed by atoms with van der Waals surface area (Å²) in [6.45, 7) is 0.188. The van der Waals surface area contributed by atoms with E-state index in [-0.39, 0.29) is 47.2 Å². The molecule has 0 saturated carbocycles. The van der Waals surface area contributed by atoms with Gasteiger partial charge in [0.1, 0.15) is 12.2 Å². The summed E-state index contributed by atoms with van der Waals surface area (Å²) in [7, 11) is 0. The molecule has 1 aliphatic rings. The van der Waals surface area contributed by atoms with Crippen molar-refractivity contribution in [2.45, 2.75) is 44.3 Å². The number of rotatable bonds is 5. The Morgan fingerprint density at radius 1 is 1.11 bits per heavy atom. The van der Waals surface area contributed by atoms with Gasteiger partial charge in [0.05, 0.1) is 17.3 Å². The number of piperidine rings is 1. The van der Waals surface area contributed by atoms with E-state index >= 15 is 0 Å². The number of alkyl halides is 6. The van der Waals surface area contributed by atoms with Gasteiger partial charge in [-0.1, -0.05) is 11.6 Å². The van der Waals surface area contributed by atoms with Crippen LogP contribution in [0, 0.1) is 0 Å². The number of hydrogen-bond acceptors (Lipinski definition) is 5. The van der Waals surface area contributed by atoms with E-state index in [4.69, 9.17) is 11.6 Å². The van der Waals surface area contributed by atoms with Gasteiger partial charge in [-0.05, 0) is 30.7 Å². The fourth-order valence-electron chi connectivity index (χ4n) is 4.27. The highest BCUT2D eigenvalue weighted by Gasteiger charge is 2.35. The summed E-state index contributed by atoms with van der Waals surface area (Å²) >= 11 is 6.06. The van der Waals surface area contributed by atoms with Gasteiger partial charge in [0, 0.05) is 54.4 Å². The van der Waals surface area contributed by atoms with Crippen molar-refractivity contribution in [2.75, 3.05) is 18.4 Å². The third-order valence-corrected chi connectivity index (χ3v) is 6.12. The molecule has 2 aromatic heterocycles. The van der Waals surface area contributed by atoms with E-state index in [9.17, 15) is 35.9 Å². The second-order valence-electron chi connectivity index (χ2n) is 8.93. The maximum absolute atomic E-state index is 13.5. The molecule has 1 fully saturated rings. The SMILES string of the molecule is CC(=O)N1C[C@@H](NC(=O)c2cnn(CC(F)(F)F)c2)C[C@@H](Nc2cc(C(F)(F)F)nc3ccc(Cl)cc23)C1. The van der Waals surface area contributed by atoms with E-state index in [1.165, 1.54) is 30.0 Å². The summed E-state index contributed by atoms with van der Waals surface area (Å²) in [6, 6.07) is 3.87. The van der Waals surface area contributed by atoms with Crippen molar-refractivity contribution < 1.29 is 35.9 Å². The fraction of sp³-hybridized carbons (Fsp3) is 0.391. The normalized spacial score (nSPS) is 18.5. The van der Waals surface area contributed by atoms with E-state index in [1.807, 2.05) is 0 Å². The largest absolute Gasteiger partial charge is 0.433 e. The van der Waals surface area contributed by atoms with Crippen LogP contribution in [0.3, 0.4) is 0 Å². The first kappa shape index (κ1) is 27.5. The molecule has 2 N–H and O–H groups in total. The van der Waals surface area contributed by atoms with Crippen molar-refractivity contribution in [1.29, 1.82) is 0 Å². The average Bonchev–Trinajstić information content (AvgIpc) is 3.25. The third-order valence-electron chi connectivity index (χ3n) is 5.89. The monoisotopic (exact) mass is 562 g/mol. The van der Waals surface area contributed by atoms with Crippen LogP contribution in [-0.2, 0) is 17.5 Å². The molecule has 8 nitrogen and oxygen atoms in total. The Bertz CT molecular complexity index is 1360. The van der Waals surface area contributed by atoms with Crippen molar-refractivity contribution >= 4 is 40.0 Å². The zero-order valence-electron chi connectivity index (χ0n) is 19.7. The Kier molecular flexibility index (Phi) is 7.46. The molecule has 0 aliphatic carbocycles. The Hall–Kier alpha value is -3.55. The van der Waals surface area contributed by atoms with E-state index in [2.05, 4.69) is 20.7 Å². The number of carbonyl (C=O) groups excluding carboxylic acids is 2. The maximum Gasteiger partial charge on any atom is 0.433 e. The van der Waals surface area contributed by atoms with Gasteiger partial charge in [-0.15, -0.1) is 0 Å². The molecule has 3 heterocycles. The van der Waals surface area contributed by atoms with Gasteiger partial charge < -0.3 is 15.5 Å². The number of carbonyl (C=O) groups is 2. The zero-order valence-corrected chi connectivity index (χ0v) is 20.5. The van der Waals surface area contributed by atoms with Gasteiger partial charge >= 0.3 is 12.4 Å². The van der Waals surface area contributed by atoms with Crippen molar-refractivity contribution in [3.8, 4) is 0 Å². The Morgan fingerprint density at radius 2 is 1.82 bits per heavy atom. The van der Waals surface area contributed by atoms with Crippen LogP contribution in [-0.4, -0.2) is 62.8 Å². The highest BCUT2D eigenvalue weighted by molar-refractivity contribution is 6.31. The Morgan fingerprint density at radius 3 is 2.47 bits per heavy atom. The first-order valence-corrected chi connectivity index (χ1v) is 11.7. The minimum atomic E-state index is -4.71. The average molecular weight is 563 g/mol. The summed E-state index contributed by atoms with van der Waals surface area (Å²) in [4.78, 5) is 29.9. The minimum Gasteiger partial charge on any atom is -0.380 e. The number of halogens is 7. The zero-order chi connectivity index (χ0) is 27.8. The Labute approximate surface area is 216 Å². The first-order chi connectivity index (χ1) is 17.7. The molecule has 0 bridgehead atoms. The first-order valence-electron chi connectivity index (χ1n) is 11.3. The van der Waals surface area contributed by atoms with Gasteiger partial charge in [0.2, 0.25) is 5.91 Å².